The lowest BCUT2D eigenvalue weighted by Crippen LogP contribution is -2.35. The van der Waals surface area contributed by atoms with Crippen LogP contribution in [0.3, 0.4) is 0 Å². The van der Waals surface area contributed by atoms with Gasteiger partial charge in [0.1, 0.15) is 0 Å². The molecule has 9 heteroatoms. The Morgan fingerprint density at radius 2 is 2.15 bits per heavy atom. The fraction of sp³-hybridized carbons (Fsp3) is 0.545. The molecule has 1 aromatic heterocycles. The molecule has 0 fully saturated rings. The van der Waals surface area contributed by atoms with Gasteiger partial charge in [0.25, 0.3) is 0 Å². The fourth-order valence-electron chi connectivity index (χ4n) is 1.24. The molecule has 0 radical (unpaired) electrons. The number of esters is 1. The summed E-state index contributed by atoms with van der Waals surface area (Å²) in [4.78, 5) is 18.8. The maximum atomic E-state index is 12.7. The molecule has 0 aliphatic carbocycles. The van der Waals surface area contributed by atoms with Gasteiger partial charge in [0.15, 0.2) is 0 Å². The van der Waals surface area contributed by atoms with E-state index in [1.165, 1.54) is 6.92 Å². The number of carbonyl (C=O) groups excluding carboxylic acids is 1. The van der Waals surface area contributed by atoms with E-state index in [9.17, 15) is 22.4 Å². The molecule has 0 spiro atoms. The number of aromatic nitrogens is 2. The molecule has 0 aromatic carbocycles. The summed E-state index contributed by atoms with van der Waals surface area (Å²) in [5, 5.41) is 2.00. The van der Waals surface area contributed by atoms with Gasteiger partial charge in [-0.15, -0.1) is 0 Å². The fourth-order valence-corrected chi connectivity index (χ4v) is 1.24. The van der Waals surface area contributed by atoms with Crippen LogP contribution in [0.4, 0.5) is 23.5 Å². The molecule has 1 N–H and O–H groups in total. The molecule has 1 heterocycles. The quantitative estimate of drug-likeness (QED) is 0.644. The van der Waals surface area contributed by atoms with Crippen LogP contribution in [0.2, 0.25) is 0 Å². The highest BCUT2D eigenvalue weighted by atomic mass is 19.3. The van der Waals surface area contributed by atoms with Crippen molar-refractivity contribution in [2.45, 2.75) is 26.2 Å². The molecule has 5 nitrogen and oxygen atoms in total. The third kappa shape index (κ3) is 4.04. The number of nitrogens with one attached hydrogen (secondary N) is 1. The van der Waals surface area contributed by atoms with Crippen LogP contribution in [0, 0.1) is 6.92 Å². The van der Waals surface area contributed by atoms with E-state index in [1.807, 2.05) is 5.32 Å². The summed E-state index contributed by atoms with van der Waals surface area (Å²) < 4.78 is 54.0. The SMILES string of the molecule is CCOC(=O)c1cnc(NCC(F)(F)C(F)F)nc1C. The van der Waals surface area contributed by atoms with E-state index in [-0.39, 0.29) is 23.8 Å². The normalized spacial score (nSPS) is 11.6. The van der Waals surface area contributed by atoms with Gasteiger partial charge >= 0.3 is 18.3 Å². The summed E-state index contributed by atoms with van der Waals surface area (Å²) in [5.41, 5.74) is 0.277. The number of hydrogen-bond acceptors (Lipinski definition) is 5. The Balaban J connectivity index is 2.76. The molecule has 0 saturated carbocycles. The van der Waals surface area contributed by atoms with Crippen LogP contribution < -0.4 is 5.32 Å². The Morgan fingerprint density at radius 3 is 2.65 bits per heavy atom. The van der Waals surface area contributed by atoms with Gasteiger partial charge in [-0.05, 0) is 13.8 Å². The summed E-state index contributed by atoms with van der Waals surface area (Å²) in [6.07, 6.45) is -2.70. The molecule has 1 rings (SSSR count). The lowest BCUT2D eigenvalue weighted by Gasteiger charge is -2.16. The second-order valence-corrected chi connectivity index (χ2v) is 3.83. The second-order valence-electron chi connectivity index (χ2n) is 3.83. The van der Waals surface area contributed by atoms with Crippen LogP contribution in [0.15, 0.2) is 6.20 Å². The van der Waals surface area contributed by atoms with Crippen molar-refractivity contribution >= 4 is 11.9 Å². The Hall–Kier alpha value is -1.93. The highest BCUT2D eigenvalue weighted by Crippen LogP contribution is 2.22. The van der Waals surface area contributed by atoms with E-state index in [4.69, 9.17) is 4.74 Å². The van der Waals surface area contributed by atoms with E-state index in [1.54, 1.807) is 6.92 Å². The number of hydrogen-bond donors (Lipinski definition) is 1. The molecule has 112 valence electrons. The number of alkyl halides is 4. The van der Waals surface area contributed by atoms with Crippen LogP contribution >= 0.6 is 0 Å². The number of halogens is 4. The maximum absolute atomic E-state index is 12.7. The largest absolute Gasteiger partial charge is 0.462 e. The summed E-state index contributed by atoms with van der Waals surface area (Å²) in [6, 6.07) is 0. The summed E-state index contributed by atoms with van der Waals surface area (Å²) >= 11 is 0. The first-order valence-corrected chi connectivity index (χ1v) is 5.68. The standard InChI is InChI=1S/C11H13F4N3O2/c1-3-20-8(19)7-4-16-10(18-6(7)2)17-5-11(14,15)9(12)13/h4,9H,3,5H2,1-2H3,(H,16,17,18). The Morgan fingerprint density at radius 1 is 1.50 bits per heavy atom. The van der Waals surface area contributed by atoms with Crippen LogP contribution in [0.25, 0.3) is 0 Å². The summed E-state index contributed by atoms with van der Waals surface area (Å²) in [7, 11) is 0. The average molecular weight is 295 g/mol. The molecule has 0 saturated heterocycles. The monoisotopic (exact) mass is 295 g/mol. The predicted octanol–water partition coefficient (Wildman–Crippen LogP) is 2.27. The molecule has 1 aromatic rings. The summed E-state index contributed by atoms with van der Waals surface area (Å²) in [5.74, 6) is -5.10. The number of carbonyl (C=O) groups is 1. The zero-order valence-electron chi connectivity index (χ0n) is 10.8. The van der Waals surface area contributed by atoms with Gasteiger partial charge in [0, 0.05) is 6.20 Å². The number of rotatable bonds is 6. The highest BCUT2D eigenvalue weighted by Gasteiger charge is 2.40. The van der Waals surface area contributed by atoms with Crippen molar-refractivity contribution in [2.24, 2.45) is 0 Å². The zero-order valence-corrected chi connectivity index (χ0v) is 10.8. The highest BCUT2D eigenvalue weighted by molar-refractivity contribution is 5.90. The van der Waals surface area contributed by atoms with E-state index in [0.717, 1.165) is 6.20 Å². The van der Waals surface area contributed by atoms with Crippen molar-refractivity contribution in [1.29, 1.82) is 0 Å². The molecule has 0 atom stereocenters. The zero-order chi connectivity index (χ0) is 15.3. The molecule has 0 bridgehead atoms. The number of aryl methyl sites for hydroxylation is 1. The lowest BCUT2D eigenvalue weighted by molar-refractivity contribution is -0.117. The predicted molar refractivity (Wildman–Crippen MR) is 62.2 cm³/mol. The van der Waals surface area contributed by atoms with E-state index >= 15 is 0 Å². The van der Waals surface area contributed by atoms with E-state index < -0.39 is 24.9 Å². The Kier molecular flexibility index (Phi) is 5.23. The first-order chi connectivity index (χ1) is 9.27. The molecule has 0 amide bonds. The van der Waals surface area contributed by atoms with Gasteiger partial charge in [0.05, 0.1) is 24.4 Å². The van der Waals surface area contributed by atoms with Crippen molar-refractivity contribution in [3.8, 4) is 0 Å². The first kappa shape index (κ1) is 16.1. The van der Waals surface area contributed by atoms with Crippen LogP contribution in [0.1, 0.15) is 23.0 Å². The smallest absolute Gasteiger partial charge is 0.341 e. The number of ether oxygens (including phenoxy) is 1. The van der Waals surface area contributed by atoms with Crippen molar-refractivity contribution in [3.05, 3.63) is 17.5 Å². The third-order valence-electron chi connectivity index (χ3n) is 2.28. The van der Waals surface area contributed by atoms with Gasteiger partial charge in [-0.3, -0.25) is 0 Å². The summed E-state index contributed by atoms with van der Waals surface area (Å²) in [6.45, 7) is 1.93. The second kappa shape index (κ2) is 6.49. The lowest BCUT2D eigenvalue weighted by atomic mass is 10.2. The minimum atomic E-state index is -4.18. The molecule has 20 heavy (non-hydrogen) atoms. The van der Waals surface area contributed by atoms with Crippen LogP contribution in [-0.2, 0) is 4.74 Å². The van der Waals surface area contributed by atoms with Crippen molar-refractivity contribution in [3.63, 3.8) is 0 Å². The molecular weight excluding hydrogens is 282 g/mol. The van der Waals surface area contributed by atoms with E-state index in [0.29, 0.717) is 0 Å². The molecule has 0 unspecified atom stereocenters. The molecule has 0 aliphatic rings. The minimum Gasteiger partial charge on any atom is -0.462 e. The van der Waals surface area contributed by atoms with Crippen molar-refractivity contribution in [1.82, 2.24) is 9.97 Å². The number of nitrogens with zero attached hydrogens (tertiary/aromatic N) is 2. The van der Waals surface area contributed by atoms with E-state index in [2.05, 4.69) is 9.97 Å². The molecular formula is C11H13F4N3O2. The number of anilines is 1. The van der Waals surface area contributed by atoms with Gasteiger partial charge < -0.3 is 10.1 Å². The van der Waals surface area contributed by atoms with Crippen molar-refractivity contribution < 1.29 is 27.1 Å². The third-order valence-corrected chi connectivity index (χ3v) is 2.28. The first-order valence-electron chi connectivity index (χ1n) is 5.68. The van der Waals surface area contributed by atoms with Gasteiger partial charge in [-0.2, -0.15) is 8.78 Å². The van der Waals surface area contributed by atoms with Gasteiger partial charge in [0.2, 0.25) is 5.95 Å². The van der Waals surface area contributed by atoms with Crippen LogP contribution in [0.5, 0.6) is 0 Å². The topological polar surface area (TPSA) is 64.1 Å². The van der Waals surface area contributed by atoms with Gasteiger partial charge in [-0.1, -0.05) is 0 Å². The Labute approximate surface area is 112 Å². The minimum absolute atomic E-state index is 0.0815. The van der Waals surface area contributed by atoms with Gasteiger partial charge in [-0.25, -0.2) is 23.5 Å². The molecule has 0 aliphatic heterocycles. The van der Waals surface area contributed by atoms with Crippen LogP contribution in [-0.4, -0.2) is 41.4 Å². The Bertz CT molecular complexity index is 483. The maximum Gasteiger partial charge on any atom is 0.341 e. The van der Waals surface area contributed by atoms with Crippen molar-refractivity contribution in [2.75, 3.05) is 18.5 Å². The average Bonchev–Trinajstić information content (AvgIpc) is 2.36.